The molecule has 0 aromatic heterocycles. The molecule has 0 rings (SSSR count). The molecule has 0 aliphatic rings. The Morgan fingerprint density at radius 2 is 0.333 bits per heavy atom. The Morgan fingerprint density at radius 1 is 0.197 bits per heavy atom. The highest BCUT2D eigenvalue weighted by Gasteiger charge is 2.05. The lowest BCUT2D eigenvalue weighted by molar-refractivity contribution is -0.144. The summed E-state index contributed by atoms with van der Waals surface area (Å²) in [5.41, 5.74) is 0. The molecule has 0 heterocycles. The topological polar surface area (TPSA) is 52.6 Å². The van der Waals surface area contributed by atoms with E-state index in [9.17, 15) is 9.59 Å². The van der Waals surface area contributed by atoms with Crippen LogP contribution in [0.1, 0.15) is 374 Å². The largest absolute Gasteiger partial charge is 0.466 e. The zero-order valence-corrected chi connectivity index (χ0v) is 46.2. The summed E-state index contributed by atoms with van der Waals surface area (Å²) in [6.07, 6.45) is 71.5. The second kappa shape index (κ2) is 63.9. The van der Waals surface area contributed by atoms with Crippen molar-refractivity contribution in [1.82, 2.24) is 0 Å². The molecule has 0 amide bonds. The Balaban J connectivity index is 0. The molecule has 0 unspecified atom stereocenters. The first-order valence-electron chi connectivity index (χ1n) is 30.9. The summed E-state index contributed by atoms with van der Waals surface area (Å²) in [7, 11) is 0. The van der Waals surface area contributed by atoms with Gasteiger partial charge >= 0.3 is 11.9 Å². The van der Waals surface area contributed by atoms with E-state index >= 15 is 0 Å². The molecule has 4 nitrogen and oxygen atoms in total. The minimum atomic E-state index is 0.0210. The molecule has 0 fully saturated rings. The van der Waals surface area contributed by atoms with Crippen molar-refractivity contribution in [3.63, 3.8) is 0 Å². The SMILES string of the molecule is CCCCCCCCCCCCCCCCCC(=O)OCCCCCCCCCC.CCCCCCCCCCCCCCCCCC(=O)OCCCCCCCCCCCCCCCC. The van der Waals surface area contributed by atoms with Crippen LogP contribution in [0.2, 0.25) is 0 Å². The van der Waals surface area contributed by atoms with Crippen molar-refractivity contribution in [2.75, 3.05) is 13.2 Å². The third-order valence-corrected chi connectivity index (χ3v) is 14.0. The fraction of sp³-hybridized carbons (Fsp3) is 0.968. The van der Waals surface area contributed by atoms with Crippen molar-refractivity contribution >= 4 is 11.9 Å². The van der Waals surface area contributed by atoms with Crippen LogP contribution in [-0.4, -0.2) is 25.2 Å². The van der Waals surface area contributed by atoms with Gasteiger partial charge in [0.25, 0.3) is 0 Å². The molecule has 0 bridgehead atoms. The van der Waals surface area contributed by atoms with Crippen LogP contribution in [0, 0.1) is 0 Å². The maximum absolute atomic E-state index is 11.9. The van der Waals surface area contributed by atoms with Gasteiger partial charge in [-0.2, -0.15) is 0 Å². The molecule has 396 valence electrons. The number of ether oxygens (including phenoxy) is 2. The normalized spacial score (nSPS) is 11.2. The van der Waals surface area contributed by atoms with E-state index in [2.05, 4.69) is 27.7 Å². The number of unbranched alkanes of at least 4 members (excludes halogenated alkanes) is 48. The number of hydrogen-bond donors (Lipinski definition) is 0. The summed E-state index contributed by atoms with van der Waals surface area (Å²) >= 11 is 0. The molecule has 0 aliphatic heterocycles. The van der Waals surface area contributed by atoms with E-state index in [1.54, 1.807) is 0 Å². The average molecular weight is 934 g/mol. The Morgan fingerprint density at radius 3 is 0.500 bits per heavy atom. The number of rotatable bonds is 56. The first-order valence-corrected chi connectivity index (χ1v) is 30.9. The van der Waals surface area contributed by atoms with E-state index in [-0.39, 0.29) is 11.9 Å². The van der Waals surface area contributed by atoms with Crippen LogP contribution in [0.4, 0.5) is 0 Å². The molecule has 0 aromatic carbocycles. The van der Waals surface area contributed by atoms with Crippen LogP contribution in [0.25, 0.3) is 0 Å². The standard InChI is InChI=1S/C34H68O2.C28H56O2/c1-3-5-7-9-11-13-15-17-19-20-22-24-26-28-30-32-34(35)36-33-31-29-27-25-23-21-18-16-14-12-10-8-6-4-2;1-3-5-7-9-11-13-14-15-16-17-18-19-20-22-24-26-28(29)30-27-25-23-21-12-10-8-6-4-2/h3-33H2,1-2H3;3-27H2,1-2H3. The van der Waals surface area contributed by atoms with Crippen LogP contribution in [0.15, 0.2) is 0 Å². The van der Waals surface area contributed by atoms with Gasteiger partial charge in [-0.1, -0.05) is 336 Å². The predicted molar refractivity (Wildman–Crippen MR) is 294 cm³/mol. The third-order valence-electron chi connectivity index (χ3n) is 14.0. The molecule has 0 radical (unpaired) electrons. The molecule has 0 saturated heterocycles. The molecule has 0 atom stereocenters. The van der Waals surface area contributed by atoms with Crippen molar-refractivity contribution < 1.29 is 19.1 Å². The van der Waals surface area contributed by atoms with E-state index in [0.29, 0.717) is 26.1 Å². The third kappa shape index (κ3) is 65.0. The zero-order valence-electron chi connectivity index (χ0n) is 46.2. The quantitative estimate of drug-likeness (QED) is 0.0450. The zero-order chi connectivity index (χ0) is 48.2. The van der Waals surface area contributed by atoms with Crippen LogP contribution in [0.3, 0.4) is 0 Å². The molecule has 4 heteroatoms. The van der Waals surface area contributed by atoms with Gasteiger partial charge in [0.15, 0.2) is 0 Å². The van der Waals surface area contributed by atoms with Crippen LogP contribution >= 0.6 is 0 Å². The minimum Gasteiger partial charge on any atom is -0.466 e. The van der Waals surface area contributed by atoms with Gasteiger partial charge in [0.05, 0.1) is 13.2 Å². The lowest BCUT2D eigenvalue weighted by Crippen LogP contribution is -2.05. The van der Waals surface area contributed by atoms with E-state index in [1.165, 1.54) is 308 Å². The summed E-state index contributed by atoms with van der Waals surface area (Å²) in [5, 5.41) is 0. The van der Waals surface area contributed by atoms with Crippen molar-refractivity contribution in [1.29, 1.82) is 0 Å². The van der Waals surface area contributed by atoms with Gasteiger partial charge < -0.3 is 9.47 Å². The first kappa shape index (κ1) is 67.0. The van der Waals surface area contributed by atoms with Gasteiger partial charge in [-0.3, -0.25) is 9.59 Å². The van der Waals surface area contributed by atoms with Crippen molar-refractivity contribution in [2.24, 2.45) is 0 Å². The first-order chi connectivity index (χ1) is 32.6. The average Bonchev–Trinajstić information content (AvgIpc) is 3.32. The fourth-order valence-electron chi connectivity index (χ4n) is 9.33. The van der Waals surface area contributed by atoms with Gasteiger partial charge in [0, 0.05) is 12.8 Å². The smallest absolute Gasteiger partial charge is 0.305 e. The van der Waals surface area contributed by atoms with Crippen molar-refractivity contribution in [3.8, 4) is 0 Å². The Kier molecular flexibility index (Phi) is 64.9. The fourth-order valence-corrected chi connectivity index (χ4v) is 9.33. The van der Waals surface area contributed by atoms with Gasteiger partial charge in [-0.15, -0.1) is 0 Å². The summed E-state index contributed by atoms with van der Waals surface area (Å²) < 4.78 is 10.8. The van der Waals surface area contributed by atoms with Gasteiger partial charge in [-0.25, -0.2) is 0 Å². The van der Waals surface area contributed by atoms with Gasteiger partial charge in [0.2, 0.25) is 0 Å². The van der Waals surface area contributed by atoms with Crippen molar-refractivity contribution in [3.05, 3.63) is 0 Å². The lowest BCUT2D eigenvalue weighted by atomic mass is 10.0. The molecule has 0 saturated carbocycles. The van der Waals surface area contributed by atoms with E-state index in [1.807, 2.05) is 0 Å². The monoisotopic (exact) mass is 933 g/mol. The molecule has 0 spiro atoms. The minimum absolute atomic E-state index is 0.0210. The summed E-state index contributed by atoms with van der Waals surface area (Å²) in [4.78, 5) is 23.7. The second-order valence-electron chi connectivity index (χ2n) is 20.9. The summed E-state index contributed by atoms with van der Waals surface area (Å²) in [6.45, 7) is 10.4. The highest BCUT2D eigenvalue weighted by atomic mass is 16.5. The van der Waals surface area contributed by atoms with Gasteiger partial charge in [0.1, 0.15) is 0 Å². The van der Waals surface area contributed by atoms with E-state index in [4.69, 9.17) is 9.47 Å². The number of hydrogen-bond acceptors (Lipinski definition) is 4. The predicted octanol–water partition coefficient (Wildman–Crippen LogP) is 22.2. The highest BCUT2D eigenvalue weighted by Crippen LogP contribution is 2.17. The maximum atomic E-state index is 11.9. The van der Waals surface area contributed by atoms with Crippen LogP contribution in [0.5, 0.6) is 0 Å². The number of carbonyl (C=O) groups excluding carboxylic acids is 2. The molecule has 0 aromatic rings. The van der Waals surface area contributed by atoms with E-state index < -0.39 is 0 Å². The molecule has 0 N–H and O–H groups in total. The van der Waals surface area contributed by atoms with E-state index in [0.717, 1.165) is 25.7 Å². The van der Waals surface area contributed by atoms with Crippen LogP contribution in [-0.2, 0) is 19.1 Å². The summed E-state index contributed by atoms with van der Waals surface area (Å²) in [5.74, 6) is 0.0482. The molecular formula is C62H124O4. The number of esters is 2. The molecule has 0 aliphatic carbocycles. The molecular weight excluding hydrogens is 809 g/mol. The molecule has 66 heavy (non-hydrogen) atoms. The Hall–Kier alpha value is -1.06. The Bertz CT molecular complexity index is 836. The number of carbonyl (C=O) groups is 2. The van der Waals surface area contributed by atoms with Gasteiger partial charge in [-0.05, 0) is 25.7 Å². The maximum Gasteiger partial charge on any atom is 0.305 e. The lowest BCUT2D eigenvalue weighted by Gasteiger charge is -2.06. The van der Waals surface area contributed by atoms with Crippen molar-refractivity contribution in [2.45, 2.75) is 374 Å². The second-order valence-corrected chi connectivity index (χ2v) is 20.9. The highest BCUT2D eigenvalue weighted by molar-refractivity contribution is 5.69. The van der Waals surface area contributed by atoms with Crippen LogP contribution < -0.4 is 0 Å². The Labute approximate surface area is 417 Å². The summed E-state index contributed by atoms with van der Waals surface area (Å²) in [6, 6.07) is 0.